The van der Waals surface area contributed by atoms with Crippen LogP contribution in [0.15, 0.2) is 59.5 Å². The molecule has 0 spiro atoms. The molecule has 0 bridgehead atoms. The molecule has 0 radical (unpaired) electrons. The maximum atomic E-state index is 12.3. The minimum absolute atomic E-state index is 0.0337. The Balaban J connectivity index is 2.12. The van der Waals surface area contributed by atoms with Crippen LogP contribution in [-0.2, 0) is 4.79 Å². The number of hydrogen-bond acceptors (Lipinski definition) is 3. The van der Waals surface area contributed by atoms with Gasteiger partial charge in [-0.2, -0.15) is 13.2 Å². The fourth-order valence-electron chi connectivity index (χ4n) is 1.99. The first-order valence-electron chi connectivity index (χ1n) is 6.77. The Bertz CT molecular complexity index is 718. The largest absolute Gasteiger partial charge is 0.446 e. The van der Waals surface area contributed by atoms with Crippen molar-refractivity contribution in [2.24, 2.45) is 5.73 Å². The molecule has 24 heavy (non-hydrogen) atoms. The maximum Gasteiger partial charge on any atom is 0.446 e. The second-order valence-electron chi connectivity index (χ2n) is 4.79. The van der Waals surface area contributed by atoms with Gasteiger partial charge in [0, 0.05) is 10.5 Å². The van der Waals surface area contributed by atoms with E-state index in [0.717, 1.165) is 0 Å². The lowest BCUT2D eigenvalue weighted by molar-refractivity contribution is -0.120. The predicted molar refractivity (Wildman–Crippen MR) is 84.2 cm³/mol. The topological polar surface area (TPSA) is 72.2 Å². The van der Waals surface area contributed by atoms with Gasteiger partial charge < -0.3 is 11.1 Å². The fraction of sp³-hybridized carbons (Fsp3) is 0.125. The Labute approximate surface area is 140 Å². The molecule has 0 saturated carbocycles. The monoisotopic (exact) mass is 354 g/mol. The maximum absolute atomic E-state index is 12.3. The molecular weight excluding hydrogens is 341 g/mol. The molecule has 4 nitrogen and oxygen atoms in total. The lowest BCUT2D eigenvalue weighted by Crippen LogP contribution is -2.37. The molecule has 2 aromatic rings. The summed E-state index contributed by atoms with van der Waals surface area (Å²) in [4.78, 5) is 23.7. The SMILES string of the molecule is NC(=O)[C@@H](NC(=O)c1ccc(SC(F)(F)F)cc1)c1ccccc1. The number of carbonyl (C=O) groups is 2. The number of nitrogens with two attached hydrogens (primary N) is 1. The van der Waals surface area contributed by atoms with Gasteiger partial charge >= 0.3 is 5.51 Å². The molecule has 0 saturated heterocycles. The molecule has 0 aromatic heterocycles. The highest BCUT2D eigenvalue weighted by Gasteiger charge is 2.29. The van der Waals surface area contributed by atoms with Crippen molar-refractivity contribution in [1.29, 1.82) is 0 Å². The van der Waals surface area contributed by atoms with E-state index >= 15 is 0 Å². The highest BCUT2D eigenvalue weighted by molar-refractivity contribution is 8.00. The zero-order chi connectivity index (χ0) is 17.7. The van der Waals surface area contributed by atoms with Gasteiger partial charge in [0.25, 0.3) is 5.91 Å². The standard InChI is InChI=1S/C16H13F3N2O2S/c17-16(18,19)24-12-8-6-11(7-9-12)15(23)21-13(14(20)22)10-4-2-1-3-5-10/h1-9,13H,(H2,20,22)(H,21,23)/t13-/m0/s1. The summed E-state index contributed by atoms with van der Waals surface area (Å²) in [5, 5.41) is 2.47. The van der Waals surface area contributed by atoms with Gasteiger partial charge in [-0.3, -0.25) is 9.59 Å². The number of nitrogens with one attached hydrogen (secondary N) is 1. The summed E-state index contributed by atoms with van der Waals surface area (Å²) in [6.07, 6.45) is 0. The number of rotatable bonds is 5. The third-order valence-electron chi connectivity index (χ3n) is 3.04. The van der Waals surface area contributed by atoms with E-state index in [2.05, 4.69) is 5.32 Å². The van der Waals surface area contributed by atoms with E-state index in [1.807, 2.05) is 0 Å². The van der Waals surface area contributed by atoms with Gasteiger partial charge in [-0.05, 0) is 41.6 Å². The molecule has 0 fully saturated rings. The van der Waals surface area contributed by atoms with Crippen LogP contribution in [0.5, 0.6) is 0 Å². The van der Waals surface area contributed by atoms with Crippen molar-refractivity contribution in [3.63, 3.8) is 0 Å². The van der Waals surface area contributed by atoms with Crippen LogP contribution in [0.3, 0.4) is 0 Å². The van der Waals surface area contributed by atoms with Crippen molar-refractivity contribution < 1.29 is 22.8 Å². The van der Waals surface area contributed by atoms with E-state index in [9.17, 15) is 22.8 Å². The summed E-state index contributed by atoms with van der Waals surface area (Å²) in [6.45, 7) is 0. The molecular formula is C16H13F3N2O2S. The zero-order valence-corrected chi connectivity index (χ0v) is 13.0. The molecule has 2 amide bonds. The molecule has 2 aromatic carbocycles. The van der Waals surface area contributed by atoms with Crippen LogP contribution >= 0.6 is 11.8 Å². The highest BCUT2D eigenvalue weighted by Crippen LogP contribution is 2.36. The van der Waals surface area contributed by atoms with Crippen LogP contribution in [0.1, 0.15) is 22.0 Å². The number of primary amides is 1. The first-order chi connectivity index (χ1) is 11.3. The summed E-state index contributed by atoms with van der Waals surface area (Å²) in [5.41, 5.74) is 1.56. The Hall–Kier alpha value is -2.48. The summed E-state index contributed by atoms with van der Waals surface area (Å²) >= 11 is -0.269. The van der Waals surface area contributed by atoms with E-state index in [-0.39, 0.29) is 22.2 Å². The van der Waals surface area contributed by atoms with Gasteiger partial charge in [0.05, 0.1) is 0 Å². The summed E-state index contributed by atoms with van der Waals surface area (Å²) in [7, 11) is 0. The molecule has 0 aliphatic rings. The molecule has 3 N–H and O–H groups in total. The second kappa shape index (κ2) is 7.39. The number of amides is 2. The van der Waals surface area contributed by atoms with E-state index in [1.165, 1.54) is 24.3 Å². The Morgan fingerprint density at radius 2 is 1.58 bits per heavy atom. The second-order valence-corrected chi connectivity index (χ2v) is 5.93. The average Bonchev–Trinajstić information content (AvgIpc) is 2.52. The van der Waals surface area contributed by atoms with Crippen LogP contribution in [-0.4, -0.2) is 17.3 Å². The molecule has 0 unspecified atom stereocenters. The van der Waals surface area contributed by atoms with Crippen LogP contribution in [0.2, 0.25) is 0 Å². The van der Waals surface area contributed by atoms with Crippen LogP contribution < -0.4 is 11.1 Å². The smallest absolute Gasteiger partial charge is 0.368 e. The number of halogens is 3. The molecule has 126 valence electrons. The Morgan fingerprint density at radius 3 is 2.08 bits per heavy atom. The normalized spacial score (nSPS) is 12.5. The third-order valence-corrected chi connectivity index (χ3v) is 3.78. The van der Waals surface area contributed by atoms with Crippen molar-refractivity contribution in [3.05, 3.63) is 65.7 Å². The lowest BCUT2D eigenvalue weighted by Gasteiger charge is -2.16. The number of hydrogen-bond donors (Lipinski definition) is 2. The Morgan fingerprint density at radius 1 is 1.00 bits per heavy atom. The van der Waals surface area contributed by atoms with Gasteiger partial charge in [-0.25, -0.2) is 0 Å². The van der Waals surface area contributed by atoms with E-state index < -0.39 is 23.4 Å². The number of alkyl halides is 3. The van der Waals surface area contributed by atoms with Crippen molar-refractivity contribution in [2.75, 3.05) is 0 Å². The number of thioether (sulfide) groups is 1. The lowest BCUT2D eigenvalue weighted by atomic mass is 10.1. The van der Waals surface area contributed by atoms with Gasteiger partial charge in [0.15, 0.2) is 0 Å². The van der Waals surface area contributed by atoms with Crippen molar-refractivity contribution in [2.45, 2.75) is 16.4 Å². The summed E-state index contributed by atoms with van der Waals surface area (Å²) in [6, 6.07) is 12.3. The quantitative estimate of drug-likeness (QED) is 0.810. The van der Waals surface area contributed by atoms with E-state index in [0.29, 0.717) is 5.56 Å². The highest BCUT2D eigenvalue weighted by atomic mass is 32.2. The minimum atomic E-state index is -4.39. The number of carbonyl (C=O) groups excluding carboxylic acids is 2. The minimum Gasteiger partial charge on any atom is -0.368 e. The summed E-state index contributed by atoms with van der Waals surface area (Å²) in [5.74, 6) is -1.34. The molecule has 8 heteroatoms. The van der Waals surface area contributed by atoms with Crippen molar-refractivity contribution in [3.8, 4) is 0 Å². The molecule has 0 aliphatic heterocycles. The molecule has 1 atom stereocenters. The van der Waals surface area contributed by atoms with Gasteiger partial charge in [-0.15, -0.1) is 0 Å². The van der Waals surface area contributed by atoms with Crippen LogP contribution in [0.4, 0.5) is 13.2 Å². The van der Waals surface area contributed by atoms with Gasteiger partial charge in [0.2, 0.25) is 5.91 Å². The molecule has 2 rings (SSSR count). The molecule has 0 aliphatic carbocycles. The average molecular weight is 354 g/mol. The van der Waals surface area contributed by atoms with E-state index in [1.54, 1.807) is 30.3 Å². The number of benzene rings is 2. The zero-order valence-electron chi connectivity index (χ0n) is 12.2. The predicted octanol–water partition coefficient (Wildman–Crippen LogP) is 3.25. The van der Waals surface area contributed by atoms with Crippen molar-refractivity contribution in [1.82, 2.24) is 5.32 Å². The van der Waals surface area contributed by atoms with Gasteiger partial charge in [-0.1, -0.05) is 30.3 Å². The summed E-state index contributed by atoms with van der Waals surface area (Å²) < 4.78 is 36.8. The fourth-order valence-corrected chi connectivity index (χ4v) is 2.53. The third kappa shape index (κ3) is 5.02. The van der Waals surface area contributed by atoms with E-state index in [4.69, 9.17) is 5.73 Å². The molecule has 0 heterocycles. The van der Waals surface area contributed by atoms with Crippen molar-refractivity contribution >= 4 is 23.6 Å². The first-order valence-corrected chi connectivity index (χ1v) is 7.59. The first kappa shape index (κ1) is 17.9. The van der Waals surface area contributed by atoms with Crippen LogP contribution in [0.25, 0.3) is 0 Å². The van der Waals surface area contributed by atoms with Crippen LogP contribution in [0, 0.1) is 0 Å². The Kier molecular flexibility index (Phi) is 5.50. The van der Waals surface area contributed by atoms with Gasteiger partial charge in [0.1, 0.15) is 6.04 Å².